The van der Waals surface area contributed by atoms with Gasteiger partial charge in [-0.25, -0.2) is 4.99 Å². The molecule has 0 bridgehead atoms. The Morgan fingerprint density at radius 3 is 2.72 bits per heavy atom. The van der Waals surface area contributed by atoms with Crippen molar-refractivity contribution >= 4 is 61.7 Å². The highest BCUT2D eigenvalue weighted by atomic mass is 79.9. The third-order valence-electron chi connectivity index (χ3n) is 6.45. The fraction of sp³-hybridized carbons (Fsp3) is 0.310. The molecule has 1 aromatic heterocycles. The van der Waals surface area contributed by atoms with Crippen molar-refractivity contribution < 1.29 is 9.53 Å². The van der Waals surface area contributed by atoms with Crippen LogP contribution in [-0.2, 0) is 12.8 Å². The zero-order chi connectivity index (χ0) is 25.9. The van der Waals surface area contributed by atoms with Crippen molar-refractivity contribution in [2.45, 2.75) is 40.0 Å². The number of carbonyl (C=O) groups is 1. The fourth-order valence-corrected chi connectivity index (χ4v) is 6.16. The average molecular weight is 586 g/mol. The van der Waals surface area contributed by atoms with Gasteiger partial charge in [-0.1, -0.05) is 61.0 Å². The van der Waals surface area contributed by atoms with Crippen molar-refractivity contribution in [3.8, 4) is 5.75 Å². The standard InChI is InChI=1S/C29H30BrClN2O2S/c1-5-14-35-24-13-7-20(30)15-18(24)17-32-28-26(27(34)33-22-10-8-21(31)9-11-22)23-12-6-19(29(2,3)4)16-25(23)36-28/h5,7-11,13,15,17,19H,1,6,12,14,16H2,2-4H3,(H,33,34)/t19-/m1/s1. The summed E-state index contributed by atoms with van der Waals surface area (Å²) in [4.78, 5) is 19.6. The summed E-state index contributed by atoms with van der Waals surface area (Å²) in [7, 11) is 0. The SMILES string of the molecule is C=CCOc1ccc(Br)cc1C=Nc1sc2c(c1C(=O)Nc1ccc(Cl)cc1)CC[C@@H](C(C)(C)C)C2. The van der Waals surface area contributed by atoms with Crippen LogP contribution in [0.2, 0.25) is 5.02 Å². The summed E-state index contributed by atoms with van der Waals surface area (Å²) in [6.07, 6.45) is 6.38. The molecule has 1 amide bonds. The van der Waals surface area contributed by atoms with E-state index in [1.54, 1.807) is 35.8 Å². The number of ether oxygens (including phenoxy) is 1. The average Bonchev–Trinajstić information content (AvgIpc) is 3.21. The largest absolute Gasteiger partial charge is 0.489 e. The van der Waals surface area contributed by atoms with Crippen LogP contribution in [0.3, 0.4) is 0 Å². The number of benzene rings is 2. The van der Waals surface area contributed by atoms with Gasteiger partial charge in [-0.05, 0) is 78.6 Å². The van der Waals surface area contributed by atoms with Crippen LogP contribution in [0, 0.1) is 11.3 Å². The van der Waals surface area contributed by atoms with E-state index >= 15 is 0 Å². The number of nitrogens with zero attached hydrogens (tertiary/aromatic N) is 1. The number of hydrogen-bond donors (Lipinski definition) is 1. The molecule has 1 heterocycles. The Balaban J connectivity index is 1.72. The van der Waals surface area contributed by atoms with E-state index in [9.17, 15) is 4.79 Å². The van der Waals surface area contributed by atoms with Crippen molar-refractivity contribution in [1.82, 2.24) is 0 Å². The third kappa shape index (κ3) is 6.28. The Labute approximate surface area is 230 Å². The predicted octanol–water partition coefficient (Wildman–Crippen LogP) is 8.88. The number of anilines is 1. The van der Waals surface area contributed by atoms with E-state index in [1.807, 2.05) is 30.3 Å². The Morgan fingerprint density at radius 2 is 2.03 bits per heavy atom. The topological polar surface area (TPSA) is 50.7 Å². The van der Waals surface area contributed by atoms with Crippen LogP contribution in [0.25, 0.3) is 0 Å². The summed E-state index contributed by atoms with van der Waals surface area (Å²) in [6, 6.07) is 12.9. The first-order valence-corrected chi connectivity index (χ1v) is 13.9. The van der Waals surface area contributed by atoms with Gasteiger partial charge in [-0.2, -0.15) is 0 Å². The maximum absolute atomic E-state index is 13.6. The lowest BCUT2D eigenvalue weighted by Crippen LogP contribution is -2.27. The monoisotopic (exact) mass is 584 g/mol. The lowest BCUT2D eigenvalue weighted by Gasteiger charge is -2.33. The molecular formula is C29H30BrClN2O2S. The molecule has 2 aromatic carbocycles. The Morgan fingerprint density at radius 1 is 1.28 bits per heavy atom. The van der Waals surface area contributed by atoms with Gasteiger partial charge in [0.05, 0.1) is 5.56 Å². The number of thiophene rings is 1. The molecule has 0 saturated carbocycles. The second-order valence-electron chi connectivity index (χ2n) is 9.99. The predicted molar refractivity (Wildman–Crippen MR) is 156 cm³/mol. The lowest BCUT2D eigenvalue weighted by molar-refractivity contribution is 0.102. The number of fused-ring (bicyclic) bond motifs is 1. The van der Waals surface area contributed by atoms with Gasteiger partial charge < -0.3 is 10.1 Å². The van der Waals surface area contributed by atoms with Gasteiger partial charge in [-0.15, -0.1) is 11.3 Å². The summed E-state index contributed by atoms with van der Waals surface area (Å²) >= 11 is 11.2. The Hall–Kier alpha value is -2.41. The smallest absolute Gasteiger partial charge is 0.259 e. The first-order chi connectivity index (χ1) is 17.2. The summed E-state index contributed by atoms with van der Waals surface area (Å²) < 4.78 is 6.74. The van der Waals surface area contributed by atoms with E-state index in [0.29, 0.717) is 34.5 Å². The normalized spacial score (nSPS) is 15.5. The van der Waals surface area contributed by atoms with Crippen LogP contribution < -0.4 is 10.1 Å². The third-order valence-corrected chi connectivity index (χ3v) is 8.36. The van der Waals surface area contributed by atoms with Crippen LogP contribution in [0.1, 0.15) is 53.6 Å². The molecule has 1 N–H and O–H groups in total. The van der Waals surface area contributed by atoms with Gasteiger partial charge in [-0.3, -0.25) is 4.79 Å². The molecule has 1 aliphatic carbocycles. The molecule has 188 valence electrons. The fourth-order valence-electron chi connectivity index (χ4n) is 4.39. The molecule has 4 nitrogen and oxygen atoms in total. The van der Waals surface area contributed by atoms with E-state index in [1.165, 1.54) is 4.88 Å². The quantitative estimate of drug-likeness (QED) is 0.222. The number of rotatable bonds is 7. The van der Waals surface area contributed by atoms with Crippen LogP contribution in [0.4, 0.5) is 10.7 Å². The van der Waals surface area contributed by atoms with Gasteiger partial charge in [0.15, 0.2) is 0 Å². The maximum atomic E-state index is 13.6. The van der Waals surface area contributed by atoms with Gasteiger partial charge in [0, 0.05) is 31.8 Å². The van der Waals surface area contributed by atoms with Gasteiger partial charge in [0.1, 0.15) is 17.4 Å². The van der Waals surface area contributed by atoms with Crippen molar-refractivity contribution in [1.29, 1.82) is 0 Å². The molecule has 0 fully saturated rings. The molecule has 36 heavy (non-hydrogen) atoms. The molecule has 0 saturated heterocycles. The number of amides is 1. The molecule has 1 atom stereocenters. The van der Waals surface area contributed by atoms with E-state index in [2.05, 4.69) is 48.6 Å². The molecule has 1 aliphatic rings. The Bertz CT molecular complexity index is 1290. The molecule has 0 aliphatic heterocycles. The summed E-state index contributed by atoms with van der Waals surface area (Å²) in [5.41, 5.74) is 3.53. The highest BCUT2D eigenvalue weighted by Crippen LogP contribution is 2.45. The van der Waals surface area contributed by atoms with Gasteiger partial charge in [0.25, 0.3) is 5.91 Å². The highest BCUT2D eigenvalue weighted by molar-refractivity contribution is 9.10. The molecular weight excluding hydrogens is 556 g/mol. The van der Waals surface area contributed by atoms with Gasteiger partial charge >= 0.3 is 0 Å². The summed E-state index contributed by atoms with van der Waals surface area (Å²) in [6.45, 7) is 11.0. The molecule has 4 rings (SSSR count). The molecule has 7 heteroatoms. The highest BCUT2D eigenvalue weighted by Gasteiger charge is 2.33. The summed E-state index contributed by atoms with van der Waals surface area (Å²) in [5, 5.41) is 4.39. The number of nitrogens with one attached hydrogen (secondary N) is 1. The van der Waals surface area contributed by atoms with E-state index in [4.69, 9.17) is 21.3 Å². The number of halogens is 2. The van der Waals surface area contributed by atoms with E-state index < -0.39 is 0 Å². The minimum Gasteiger partial charge on any atom is -0.489 e. The Kier molecular flexibility index (Phi) is 8.38. The minimum atomic E-state index is -0.145. The lowest BCUT2D eigenvalue weighted by atomic mass is 9.72. The second-order valence-corrected chi connectivity index (χ2v) is 12.4. The number of aliphatic imine (C=N–C) groups is 1. The van der Waals surface area contributed by atoms with Crippen LogP contribution >= 0.6 is 38.9 Å². The van der Waals surface area contributed by atoms with Gasteiger partial charge in [0.2, 0.25) is 0 Å². The van der Waals surface area contributed by atoms with E-state index in [0.717, 1.165) is 39.9 Å². The molecule has 3 aromatic rings. The van der Waals surface area contributed by atoms with Crippen LogP contribution in [-0.4, -0.2) is 18.7 Å². The van der Waals surface area contributed by atoms with Crippen molar-refractivity contribution in [2.75, 3.05) is 11.9 Å². The first kappa shape index (κ1) is 26.6. The van der Waals surface area contributed by atoms with E-state index in [-0.39, 0.29) is 11.3 Å². The zero-order valence-corrected chi connectivity index (χ0v) is 23.9. The second kappa shape index (κ2) is 11.3. The van der Waals surface area contributed by atoms with Crippen molar-refractivity contribution in [3.63, 3.8) is 0 Å². The molecule has 0 unspecified atom stereocenters. The number of carbonyl (C=O) groups excluding carboxylic acids is 1. The molecule has 0 spiro atoms. The molecule has 0 radical (unpaired) electrons. The number of hydrogen-bond acceptors (Lipinski definition) is 4. The van der Waals surface area contributed by atoms with Crippen molar-refractivity contribution in [2.24, 2.45) is 16.3 Å². The maximum Gasteiger partial charge on any atom is 0.259 e. The van der Waals surface area contributed by atoms with Crippen LogP contribution in [0.5, 0.6) is 5.75 Å². The van der Waals surface area contributed by atoms with Crippen LogP contribution in [0.15, 0.2) is 64.6 Å². The zero-order valence-electron chi connectivity index (χ0n) is 20.7. The first-order valence-electron chi connectivity index (χ1n) is 11.9. The summed E-state index contributed by atoms with van der Waals surface area (Å²) in [5.74, 6) is 1.13. The minimum absolute atomic E-state index is 0.145. The van der Waals surface area contributed by atoms with Crippen molar-refractivity contribution in [3.05, 3.63) is 86.2 Å².